The van der Waals surface area contributed by atoms with Crippen molar-refractivity contribution < 1.29 is 5.11 Å². The van der Waals surface area contributed by atoms with Gasteiger partial charge in [-0.25, -0.2) is 9.97 Å². The van der Waals surface area contributed by atoms with E-state index >= 15 is 0 Å². The Morgan fingerprint density at radius 3 is 2.38 bits per heavy atom. The zero-order chi connectivity index (χ0) is 10.1. The zero-order valence-corrected chi connectivity index (χ0v) is 8.63. The molecule has 0 atom stereocenters. The lowest BCUT2D eigenvalue weighted by Crippen LogP contribution is -2.16. The minimum absolute atomic E-state index is 0.0115. The Bertz CT molecular complexity index is 302. The smallest absolute Gasteiger partial charge is 0.154 e. The molecule has 0 unspecified atom stereocenters. The summed E-state index contributed by atoms with van der Waals surface area (Å²) >= 11 is 0. The van der Waals surface area contributed by atoms with Gasteiger partial charge in [0.05, 0.1) is 0 Å². The first-order valence-electron chi connectivity index (χ1n) is 4.39. The molecule has 1 rings (SSSR count). The number of nitrogens with zero attached hydrogens (tertiary/aromatic N) is 2. The first-order valence-corrected chi connectivity index (χ1v) is 4.39. The molecule has 1 aromatic heterocycles. The van der Waals surface area contributed by atoms with Crippen LogP contribution in [0.15, 0.2) is 6.07 Å². The molecule has 0 saturated carbocycles. The van der Waals surface area contributed by atoms with Gasteiger partial charge in [0.25, 0.3) is 0 Å². The number of aryl methyl sites for hydroxylation is 1. The molecule has 3 heteroatoms. The standard InChI is InChI=1S/C10H16N2O/c1-7-5-8(10(2,3)4)12-9(6-13)11-7/h5,13H,6H2,1-4H3. The highest BCUT2D eigenvalue weighted by atomic mass is 16.3. The Labute approximate surface area is 78.9 Å². The maximum atomic E-state index is 8.93. The summed E-state index contributed by atoms with van der Waals surface area (Å²) in [6.45, 7) is 8.10. The predicted octanol–water partition coefficient (Wildman–Crippen LogP) is 1.57. The molecular formula is C10H16N2O. The van der Waals surface area contributed by atoms with Gasteiger partial charge in [-0.15, -0.1) is 0 Å². The van der Waals surface area contributed by atoms with Crippen LogP contribution in [0.4, 0.5) is 0 Å². The van der Waals surface area contributed by atoms with Crippen LogP contribution in [-0.4, -0.2) is 15.1 Å². The molecule has 0 bridgehead atoms. The third kappa shape index (κ3) is 2.49. The van der Waals surface area contributed by atoms with E-state index in [0.717, 1.165) is 11.4 Å². The molecule has 0 fully saturated rings. The second kappa shape index (κ2) is 3.42. The van der Waals surface area contributed by atoms with Crippen LogP contribution in [-0.2, 0) is 12.0 Å². The Morgan fingerprint density at radius 1 is 1.31 bits per heavy atom. The van der Waals surface area contributed by atoms with E-state index in [1.54, 1.807) is 0 Å². The van der Waals surface area contributed by atoms with Gasteiger partial charge in [0.2, 0.25) is 0 Å². The summed E-state index contributed by atoms with van der Waals surface area (Å²) in [6.07, 6.45) is 0. The molecule has 0 spiro atoms. The summed E-state index contributed by atoms with van der Waals surface area (Å²) in [5, 5.41) is 8.93. The van der Waals surface area contributed by atoms with Crippen molar-refractivity contribution in [3.8, 4) is 0 Å². The van der Waals surface area contributed by atoms with E-state index in [1.807, 2.05) is 13.0 Å². The largest absolute Gasteiger partial charge is 0.388 e. The zero-order valence-electron chi connectivity index (χ0n) is 8.63. The predicted molar refractivity (Wildman–Crippen MR) is 51.4 cm³/mol. The molecule has 1 aromatic rings. The fourth-order valence-corrected chi connectivity index (χ4v) is 1.08. The average Bonchev–Trinajstić information content (AvgIpc) is 2.01. The number of aliphatic hydroxyl groups excluding tert-OH is 1. The van der Waals surface area contributed by atoms with Crippen molar-refractivity contribution in [2.45, 2.75) is 39.7 Å². The average molecular weight is 180 g/mol. The summed E-state index contributed by atoms with van der Waals surface area (Å²) in [5.41, 5.74) is 1.89. The molecule has 1 heterocycles. The minimum Gasteiger partial charge on any atom is -0.388 e. The summed E-state index contributed by atoms with van der Waals surface area (Å²) < 4.78 is 0. The van der Waals surface area contributed by atoms with E-state index in [2.05, 4.69) is 30.7 Å². The van der Waals surface area contributed by atoms with Crippen LogP contribution in [0.25, 0.3) is 0 Å². The van der Waals surface area contributed by atoms with E-state index in [1.165, 1.54) is 0 Å². The van der Waals surface area contributed by atoms with Gasteiger partial charge < -0.3 is 5.11 Å². The van der Waals surface area contributed by atoms with Crippen LogP contribution >= 0.6 is 0 Å². The first-order chi connectivity index (χ1) is 5.93. The molecule has 0 aliphatic rings. The Kier molecular flexibility index (Phi) is 2.66. The van der Waals surface area contributed by atoms with Gasteiger partial charge in [-0.05, 0) is 13.0 Å². The molecule has 0 aromatic carbocycles. The molecule has 0 radical (unpaired) electrons. The van der Waals surface area contributed by atoms with E-state index < -0.39 is 0 Å². The summed E-state index contributed by atoms with van der Waals surface area (Å²) in [6, 6.07) is 1.96. The fraction of sp³-hybridized carbons (Fsp3) is 0.600. The first kappa shape index (κ1) is 10.1. The SMILES string of the molecule is Cc1cc(C(C)(C)C)nc(CO)n1. The Morgan fingerprint density at radius 2 is 1.92 bits per heavy atom. The second-order valence-electron chi connectivity index (χ2n) is 4.22. The number of hydrogen-bond acceptors (Lipinski definition) is 3. The molecule has 0 saturated heterocycles. The number of rotatable bonds is 1. The van der Waals surface area contributed by atoms with E-state index in [-0.39, 0.29) is 12.0 Å². The molecular weight excluding hydrogens is 164 g/mol. The van der Waals surface area contributed by atoms with Gasteiger partial charge in [0.1, 0.15) is 6.61 Å². The van der Waals surface area contributed by atoms with Gasteiger partial charge in [0.15, 0.2) is 5.82 Å². The normalized spacial score (nSPS) is 11.8. The van der Waals surface area contributed by atoms with Gasteiger partial charge in [-0.3, -0.25) is 0 Å². The lowest BCUT2D eigenvalue weighted by atomic mass is 9.91. The van der Waals surface area contributed by atoms with Gasteiger partial charge in [-0.2, -0.15) is 0 Å². The van der Waals surface area contributed by atoms with Gasteiger partial charge >= 0.3 is 0 Å². The molecule has 0 amide bonds. The van der Waals surface area contributed by atoms with Crippen LogP contribution in [0.3, 0.4) is 0 Å². The summed E-state index contributed by atoms with van der Waals surface area (Å²) in [7, 11) is 0. The topological polar surface area (TPSA) is 46.0 Å². The van der Waals surface area contributed by atoms with Gasteiger partial charge in [-0.1, -0.05) is 20.8 Å². The molecule has 1 N–H and O–H groups in total. The lowest BCUT2D eigenvalue weighted by molar-refractivity contribution is 0.270. The Hall–Kier alpha value is -0.960. The molecule has 13 heavy (non-hydrogen) atoms. The summed E-state index contributed by atoms with van der Waals surface area (Å²) in [5.74, 6) is 0.505. The number of aromatic nitrogens is 2. The van der Waals surface area contributed by atoms with Crippen LogP contribution < -0.4 is 0 Å². The van der Waals surface area contributed by atoms with Crippen LogP contribution in [0.5, 0.6) is 0 Å². The van der Waals surface area contributed by atoms with E-state index in [9.17, 15) is 0 Å². The Balaban J connectivity index is 3.16. The number of aliphatic hydroxyl groups is 1. The van der Waals surface area contributed by atoms with E-state index in [4.69, 9.17) is 5.11 Å². The van der Waals surface area contributed by atoms with Crippen molar-refractivity contribution in [3.05, 3.63) is 23.3 Å². The van der Waals surface area contributed by atoms with Crippen LogP contribution in [0, 0.1) is 6.92 Å². The molecule has 3 nitrogen and oxygen atoms in total. The van der Waals surface area contributed by atoms with Crippen molar-refractivity contribution in [1.29, 1.82) is 0 Å². The fourth-order valence-electron chi connectivity index (χ4n) is 1.08. The van der Waals surface area contributed by atoms with Crippen molar-refractivity contribution in [2.24, 2.45) is 0 Å². The van der Waals surface area contributed by atoms with Crippen molar-refractivity contribution >= 4 is 0 Å². The highest BCUT2D eigenvalue weighted by Crippen LogP contribution is 2.20. The third-order valence-corrected chi connectivity index (χ3v) is 1.81. The van der Waals surface area contributed by atoms with Crippen molar-refractivity contribution in [2.75, 3.05) is 0 Å². The monoisotopic (exact) mass is 180 g/mol. The highest BCUT2D eigenvalue weighted by Gasteiger charge is 2.16. The molecule has 0 aliphatic carbocycles. The highest BCUT2D eigenvalue weighted by molar-refractivity contribution is 5.16. The van der Waals surface area contributed by atoms with E-state index in [0.29, 0.717) is 5.82 Å². The van der Waals surface area contributed by atoms with Crippen LogP contribution in [0.2, 0.25) is 0 Å². The lowest BCUT2D eigenvalue weighted by Gasteiger charge is -2.18. The van der Waals surface area contributed by atoms with Gasteiger partial charge in [0, 0.05) is 16.8 Å². The number of hydrogen-bond donors (Lipinski definition) is 1. The maximum Gasteiger partial charge on any atom is 0.154 e. The third-order valence-electron chi connectivity index (χ3n) is 1.81. The minimum atomic E-state index is -0.0925. The van der Waals surface area contributed by atoms with Crippen molar-refractivity contribution in [1.82, 2.24) is 9.97 Å². The van der Waals surface area contributed by atoms with Crippen molar-refractivity contribution in [3.63, 3.8) is 0 Å². The van der Waals surface area contributed by atoms with Crippen LogP contribution in [0.1, 0.15) is 38.0 Å². The molecule has 0 aliphatic heterocycles. The maximum absolute atomic E-state index is 8.93. The molecule has 72 valence electrons. The quantitative estimate of drug-likeness (QED) is 0.713. The summed E-state index contributed by atoms with van der Waals surface area (Å²) in [4.78, 5) is 8.37. The second-order valence-corrected chi connectivity index (χ2v) is 4.22.